The third kappa shape index (κ3) is 2.73. The zero-order valence-electron chi connectivity index (χ0n) is 13.5. The van der Waals surface area contributed by atoms with Gasteiger partial charge in [0.05, 0.1) is 5.75 Å². The number of nitrogen functional groups attached to an aromatic ring is 1. The van der Waals surface area contributed by atoms with Crippen molar-refractivity contribution in [3.8, 4) is 0 Å². The molecule has 114 valence electrons. The van der Waals surface area contributed by atoms with Crippen molar-refractivity contribution < 1.29 is 4.42 Å². The molecule has 3 aromatic rings. The van der Waals surface area contributed by atoms with Gasteiger partial charge in [-0.25, -0.2) is 0 Å². The van der Waals surface area contributed by atoms with Crippen LogP contribution in [0.4, 0.5) is 5.69 Å². The SMILES string of the molecule is Cc1cc(C)c2cc(CSc3c(C)ccc(C)c3N)oc2c1. The van der Waals surface area contributed by atoms with Gasteiger partial charge in [-0.05, 0) is 62.1 Å². The van der Waals surface area contributed by atoms with E-state index in [0.717, 1.165) is 33.2 Å². The second-order valence-electron chi connectivity index (χ2n) is 5.94. The summed E-state index contributed by atoms with van der Waals surface area (Å²) in [6.07, 6.45) is 0. The van der Waals surface area contributed by atoms with Crippen LogP contribution >= 0.6 is 11.8 Å². The Bertz CT molecular complexity index is 848. The number of fused-ring (bicyclic) bond motifs is 1. The van der Waals surface area contributed by atoms with Crippen LogP contribution in [0.25, 0.3) is 11.0 Å². The van der Waals surface area contributed by atoms with Gasteiger partial charge in [0.1, 0.15) is 11.3 Å². The van der Waals surface area contributed by atoms with E-state index in [1.165, 1.54) is 22.1 Å². The summed E-state index contributed by atoms with van der Waals surface area (Å²) in [5, 5.41) is 1.20. The first-order valence-electron chi connectivity index (χ1n) is 7.44. The quantitative estimate of drug-likeness (QED) is 0.510. The number of hydrogen-bond acceptors (Lipinski definition) is 3. The molecular formula is C19H21NOS. The van der Waals surface area contributed by atoms with E-state index < -0.39 is 0 Å². The van der Waals surface area contributed by atoms with Crippen LogP contribution in [0, 0.1) is 27.7 Å². The van der Waals surface area contributed by atoms with Crippen LogP contribution in [0.1, 0.15) is 28.0 Å². The third-order valence-corrected chi connectivity index (χ3v) is 5.27. The molecule has 22 heavy (non-hydrogen) atoms. The predicted octanol–water partition coefficient (Wildman–Crippen LogP) is 5.54. The van der Waals surface area contributed by atoms with E-state index >= 15 is 0 Å². The summed E-state index contributed by atoms with van der Waals surface area (Å²) < 4.78 is 6.00. The lowest BCUT2D eigenvalue weighted by Crippen LogP contribution is -1.95. The Labute approximate surface area is 135 Å². The topological polar surface area (TPSA) is 39.2 Å². The van der Waals surface area contributed by atoms with E-state index in [0.29, 0.717) is 0 Å². The maximum Gasteiger partial charge on any atom is 0.134 e. The van der Waals surface area contributed by atoms with E-state index in [4.69, 9.17) is 10.2 Å². The summed E-state index contributed by atoms with van der Waals surface area (Å²) in [5.74, 6) is 1.79. The Hall–Kier alpha value is -1.87. The minimum absolute atomic E-state index is 0.793. The van der Waals surface area contributed by atoms with E-state index in [9.17, 15) is 0 Å². The van der Waals surface area contributed by atoms with Crippen molar-refractivity contribution in [2.45, 2.75) is 38.3 Å². The first-order valence-corrected chi connectivity index (χ1v) is 8.42. The van der Waals surface area contributed by atoms with Gasteiger partial charge >= 0.3 is 0 Å². The van der Waals surface area contributed by atoms with Crippen molar-refractivity contribution in [2.24, 2.45) is 0 Å². The molecule has 0 aliphatic heterocycles. The van der Waals surface area contributed by atoms with Gasteiger partial charge in [0.2, 0.25) is 0 Å². The lowest BCUT2D eigenvalue weighted by Gasteiger charge is -2.10. The molecule has 0 saturated heterocycles. The smallest absolute Gasteiger partial charge is 0.134 e. The largest absolute Gasteiger partial charge is 0.460 e. The zero-order valence-corrected chi connectivity index (χ0v) is 14.3. The van der Waals surface area contributed by atoms with Gasteiger partial charge in [0, 0.05) is 16.0 Å². The zero-order chi connectivity index (χ0) is 15.9. The molecule has 2 N–H and O–H groups in total. The molecule has 3 rings (SSSR count). The molecule has 3 heteroatoms. The number of hydrogen-bond donors (Lipinski definition) is 1. The molecular weight excluding hydrogens is 290 g/mol. The normalized spacial score (nSPS) is 11.3. The molecule has 0 saturated carbocycles. The van der Waals surface area contributed by atoms with E-state index in [2.05, 4.69) is 51.1 Å². The van der Waals surface area contributed by atoms with E-state index in [-0.39, 0.29) is 0 Å². The lowest BCUT2D eigenvalue weighted by atomic mass is 10.1. The van der Waals surface area contributed by atoms with Crippen LogP contribution in [-0.4, -0.2) is 0 Å². The standard InChI is InChI=1S/C19H21NOS/c1-11-7-14(4)16-9-15(21-17(16)8-11)10-22-19-13(3)6-5-12(2)18(19)20/h5-9H,10,20H2,1-4H3. The Morgan fingerprint density at radius 2 is 1.68 bits per heavy atom. The highest BCUT2D eigenvalue weighted by Gasteiger charge is 2.11. The average Bonchev–Trinajstić information content (AvgIpc) is 2.86. The Kier molecular flexibility index (Phi) is 3.92. The number of aryl methyl sites for hydroxylation is 4. The highest BCUT2D eigenvalue weighted by atomic mass is 32.2. The first-order chi connectivity index (χ1) is 10.5. The van der Waals surface area contributed by atoms with Gasteiger partial charge in [0.25, 0.3) is 0 Å². The van der Waals surface area contributed by atoms with Crippen LogP contribution in [0.3, 0.4) is 0 Å². The summed E-state index contributed by atoms with van der Waals surface area (Å²) in [5.41, 5.74) is 12.9. The highest BCUT2D eigenvalue weighted by molar-refractivity contribution is 7.98. The molecule has 0 aliphatic rings. The summed E-state index contributed by atoms with van der Waals surface area (Å²) in [6, 6.07) is 10.6. The average molecular weight is 311 g/mol. The van der Waals surface area contributed by atoms with Gasteiger partial charge in [-0.2, -0.15) is 0 Å². The number of furan rings is 1. The predicted molar refractivity (Wildman–Crippen MR) is 95.6 cm³/mol. The van der Waals surface area contributed by atoms with Gasteiger partial charge in [-0.1, -0.05) is 18.2 Å². The molecule has 0 spiro atoms. The monoisotopic (exact) mass is 311 g/mol. The molecule has 0 radical (unpaired) electrons. The van der Waals surface area contributed by atoms with Crippen molar-refractivity contribution in [3.05, 3.63) is 58.3 Å². The molecule has 1 heterocycles. The van der Waals surface area contributed by atoms with Gasteiger partial charge < -0.3 is 10.2 Å². The Morgan fingerprint density at radius 3 is 2.45 bits per heavy atom. The molecule has 1 aromatic heterocycles. The molecule has 0 unspecified atom stereocenters. The number of rotatable bonds is 3. The summed E-state index contributed by atoms with van der Waals surface area (Å²) in [7, 11) is 0. The van der Waals surface area contributed by atoms with Crippen molar-refractivity contribution >= 4 is 28.4 Å². The van der Waals surface area contributed by atoms with Crippen molar-refractivity contribution in [1.82, 2.24) is 0 Å². The molecule has 2 nitrogen and oxygen atoms in total. The highest BCUT2D eigenvalue weighted by Crippen LogP contribution is 2.35. The second-order valence-corrected chi connectivity index (χ2v) is 6.92. The van der Waals surface area contributed by atoms with Gasteiger partial charge in [0.15, 0.2) is 0 Å². The molecule has 0 amide bonds. The Morgan fingerprint density at radius 1 is 0.955 bits per heavy atom. The van der Waals surface area contributed by atoms with Crippen LogP contribution in [0.2, 0.25) is 0 Å². The van der Waals surface area contributed by atoms with Crippen molar-refractivity contribution in [2.75, 3.05) is 5.73 Å². The fourth-order valence-electron chi connectivity index (χ4n) is 2.75. The Balaban J connectivity index is 1.89. The summed E-state index contributed by atoms with van der Waals surface area (Å²) in [6.45, 7) is 8.38. The molecule has 0 bridgehead atoms. The number of benzene rings is 2. The van der Waals surface area contributed by atoms with Gasteiger partial charge in [-0.3, -0.25) is 0 Å². The number of thioether (sulfide) groups is 1. The van der Waals surface area contributed by atoms with Crippen LogP contribution in [0.15, 0.2) is 39.6 Å². The van der Waals surface area contributed by atoms with E-state index in [1.54, 1.807) is 11.8 Å². The fourth-order valence-corrected chi connectivity index (χ4v) is 3.79. The van der Waals surface area contributed by atoms with Crippen LogP contribution < -0.4 is 5.73 Å². The number of nitrogens with two attached hydrogens (primary N) is 1. The van der Waals surface area contributed by atoms with Crippen LogP contribution in [0.5, 0.6) is 0 Å². The van der Waals surface area contributed by atoms with Crippen molar-refractivity contribution in [3.63, 3.8) is 0 Å². The second kappa shape index (κ2) is 5.73. The molecule has 0 aliphatic carbocycles. The minimum Gasteiger partial charge on any atom is -0.460 e. The molecule has 0 fully saturated rings. The minimum atomic E-state index is 0.793. The summed E-state index contributed by atoms with van der Waals surface area (Å²) in [4.78, 5) is 1.16. The maximum atomic E-state index is 6.22. The number of anilines is 1. The summed E-state index contributed by atoms with van der Waals surface area (Å²) >= 11 is 1.75. The maximum absolute atomic E-state index is 6.22. The first kappa shape index (κ1) is 15.0. The fraction of sp³-hybridized carbons (Fsp3) is 0.263. The molecule has 2 aromatic carbocycles. The molecule has 0 atom stereocenters. The third-order valence-electron chi connectivity index (χ3n) is 4.01. The van der Waals surface area contributed by atoms with E-state index in [1.807, 2.05) is 6.92 Å². The van der Waals surface area contributed by atoms with Crippen molar-refractivity contribution in [1.29, 1.82) is 0 Å². The van der Waals surface area contributed by atoms with Crippen LogP contribution in [-0.2, 0) is 5.75 Å². The lowest BCUT2D eigenvalue weighted by molar-refractivity contribution is 0.574. The van der Waals surface area contributed by atoms with Gasteiger partial charge in [-0.15, -0.1) is 11.8 Å².